The number of carbonyl (C=O) groups excluding carboxylic acids is 1. The summed E-state index contributed by atoms with van der Waals surface area (Å²) < 4.78 is 0. The Labute approximate surface area is 117 Å². The molecule has 1 aromatic rings. The summed E-state index contributed by atoms with van der Waals surface area (Å²) in [4.78, 5) is 29.1. The molecule has 1 aliphatic rings. The molecule has 1 atom stereocenters. The monoisotopic (exact) mass is 278 g/mol. The molecule has 0 radical (unpaired) electrons. The Morgan fingerprint density at radius 3 is 2.95 bits per heavy atom. The number of carboxylic acids is 1. The largest absolute Gasteiger partial charge is 0.478 e. The maximum atomic E-state index is 12.4. The van der Waals surface area contributed by atoms with Gasteiger partial charge in [-0.1, -0.05) is 0 Å². The van der Waals surface area contributed by atoms with Crippen LogP contribution in [0.4, 0.5) is 0 Å². The van der Waals surface area contributed by atoms with E-state index in [-0.39, 0.29) is 29.7 Å². The predicted octanol–water partition coefficient (Wildman–Crippen LogP) is 1.01. The first-order valence-corrected chi connectivity index (χ1v) is 6.72. The van der Waals surface area contributed by atoms with Crippen LogP contribution >= 0.6 is 0 Å². The fourth-order valence-corrected chi connectivity index (χ4v) is 2.57. The van der Waals surface area contributed by atoms with Gasteiger partial charge in [-0.2, -0.15) is 0 Å². The molecule has 0 bridgehead atoms. The second kappa shape index (κ2) is 6.47. The number of hydrogen-bond acceptors (Lipinski definition) is 4. The molecule has 20 heavy (non-hydrogen) atoms. The van der Waals surface area contributed by atoms with E-state index < -0.39 is 5.97 Å². The summed E-state index contributed by atoms with van der Waals surface area (Å²) in [6, 6.07) is 2.89. The molecule has 6 heteroatoms. The van der Waals surface area contributed by atoms with Crippen molar-refractivity contribution in [2.24, 2.45) is 5.92 Å². The number of likely N-dealkylation sites (tertiary alicyclic amines) is 1. The summed E-state index contributed by atoms with van der Waals surface area (Å²) in [5.74, 6) is -1.22. The van der Waals surface area contributed by atoms with Crippen molar-refractivity contribution in [3.8, 4) is 0 Å². The minimum absolute atomic E-state index is 0.00958. The van der Waals surface area contributed by atoms with Crippen molar-refractivity contribution in [3.05, 3.63) is 29.6 Å². The number of pyridine rings is 1. The minimum atomic E-state index is -1.15. The lowest BCUT2D eigenvalue weighted by Gasteiger charge is -2.32. The molecule has 1 amide bonds. The van der Waals surface area contributed by atoms with Crippen LogP contribution in [0.25, 0.3) is 0 Å². The standard InChI is InChI=1S/C14H18N2O4/c17-8-5-10-3-2-7-16(9-10)13(18)12-11(14(19)20)4-1-6-15-12/h1,4,6,10,17H,2-3,5,7-9H2,(H,19,20). The zero-order valence-electron chi connectivity index (χ0n) is 11.2. The summed E-state index contributed by atoms with van der Waals surface area (Å²) in [7, 11) is 0. The summed E-state index contributed by atoms with van der Waals surface area (Å²) in [5, 5.41) is 18.1. The number of hydrogen-bond donors (Lipinski definition) is 2. The molecule has 2 N–H and O–H groups in total. The van der Waals surface area contributed by atoms with E-state index in [9.17, 15) is 9.59 Å². The first-order valence-electron chi connectivity index (χ1n) is 6.72. The van der Waals surface area contributed by atoms with Gasteiger partial charge in [0, 0.05) is 25.9 Å². The second-order valence-corrected chi connectivity index (χ2v) is 4.98. The van der Waals surface area contributed by atoms with Gasteiger partial charge in [0.05, 0.1) is 5.56 Å². The van der Waals surface area contributed by atoms with Crippen LogP contribution in [0.15, 0.2) is 18.3 Å². The van der Waals surface area contributed by atoms with Crippen molar-refractivity contribution < 1.29 is 19.8 Å². The van der Waals surface area contributed by atoms with Gasteiger partial charge in [-0.05, 0) is 37.3 Å². The van der Waals surface area contributed by atoms with E-state index in [0.717, 1.165) is 12.8 Å². The Balaban J connectivity index is 2.17. The highest BCUT2D eigenvalue weighted by molar-refractivity contribution is 6.03. The van der Waals surface area contributed by atoms with Crippen LogP contribution in [0, 0.1) is 5.92 Å². The number of carbonyl (C=O) groups is 2. The van der Waals surface area contributed by atoms with E-state index in [0.29, 0.717) is 19.5 Å². The Hall–Kier alpha value is -1.95. The third-order valence-electron chi connectivity index (χ3n) is 3.58. The van der Waals surface area contributed by atoms with Gasteiger partial charge >= 0.3 is 5.97 Å². The highest BCUT2D eigenvalue weighted by Gasteiger charge is 2.27. The van der Waals surface area contributed by atoms with Crippen LogP contribution in [-0.2, 0) is 0 Å². The van der Waals surface area contributed by atoms with Crippen LogP contribution in [0.1, 0.15) is 40.1 Å². The molecule has 1 saturated heterocycles. The number of piperidine rings is 1. The van der Waals surface area contributed by atoms with Crippen molar-refractivity contribution in [1.29, 1.82) is 0 Å². The van der Waals surface area contributed by atoms with Gasteiger partial charge in [-0.25, -0.2) is 4.79 Å². The fourth-order valence-electron chi connectivity index (χ4n) is 2.57. The lowest BCUT2D eigenvalue weighted by molar-refractivity contribution is 0.0623. The van der Waals surface area contributed by atoms with E-state index in [1.165, 1.54) is 18.3 Å². The Bertz CT molecular complexity index is 502. The van der Waals surface area contributed by atoms with Gasteiger partial charge in [0.15, 0.2) is 0 Å². The molecule has 1 fully saturated rings. The summed E-state index contributed by atoms with van der Waals surface area (Å²) in [5.41, 5.74) is -0.0774. The number of carboxylic acid groups (broad SMARTS) is 1. The van der Waals surface area contributed by atoms with Crippen molar-refractivity contribution in [1.82, 2.24) is 9.88 Å². The Morgan fingerprint density at radius 2 is 2.25 bits per heavy atom. The van der Waals surface area contributed by atoms with E-state index in [2.05, 4.69) is 4.98 Å². The van der Waals surface area contributed by atoms with E-state index in [1.54, 1.807) is 4.90 Å². The summed E-state index contributed by atoms with van der Waals surface area (Å²) in [6.07, 6.45) is 3.94. The lowest BCUT2D eigenvalue weighted by atomic mass is 9.95. The quantitative estimate of drug-likeness (QED) is 0.858. The Kier molecular flexibility index (Phi) is 4.68. The topological polar surface area (TPSA) is 90.7 Å². The molecule has 2 heterocycles. The van der Waals surface area contributed by atoms with Gasteiger partial charge in [-0.3, -0.25) is 9.78 Å². The molecule has 0 aliphatic carbocycles. The van der Waals surface area contributed by atoms with Gasteiger partial charge in [0.1, 0.15) is 5.69 Å². The number of aromatic nitrogens is 1. The van der Waals surface area contributed by atoms with E-state index >= 15 is 0 Å². The average Bonchev–Trinajstić information content (AvgIpc) is 2.47. The van der Waals surface area contributed by atoms with Crippen LogP contribution in [-0.4, -0.2) is 51.7 Å². The number of amides is 1. The van der Waals surface area contributed by atoms with E-state index in [4.69, 9.17) is 10.2 Å². The second-order valence-electron chi connectivity index (χ2n) is 4.98. The maximum absolute atomic E-state index is 12.4. The maximum Gasteiger partial charge on any atom is 0.338 e. The smallest absolute Gasteiger partial charge is 0.338 e. The summed E-state index contributed by atoms with van der Waals surface area (Å²) >= 11 is 0. The number of rotatable bonds is 4. The average molecular weight is 278 g/mol. The minimum Gasteiger partial charge on any atom is -0.478 e. The summed E-state index contributed by atoms with van der Waals surface area (Å²) in [6.45, 7) is 1.27. The normalized spacial score (nSPS) is 18.9. The van der Waals surface area contributed by atoms with Crippen molar-refractivity contribution >= 4 is 11.9 Å². The van der Waals surface area contributed by atoms with Gasteiger partial charge in [0.2, 0.25) is 0 Å². The predicted molar refractivity (Wildman–Crippen MR) is 71.5 cm³/mol. The van der Waals surface area contributed by atoms with Crippen molar-refractivity contribution in [2.75, 3.05) is 19.7 Å². The molecule has 0 saturated carbocycles. The molecular weight excluding hydrogens is 260 g/mol. The zero-order chi connectivity index (χ0) is 14.5. The SMILES string of the molecule is O=C(O)c1cccnc1C(=O)N1CCCC(CCO)C1. The molecule has 1 aromatic heterocycles. The molecule has 0 aromatic carbocycles. The number of nitrogens with zero attached hydrogens (tertiary/aromatic N) is 2. The van der Waals surface area contributed by atoms with Gasteiger partial charge in [0.25, 0.3) is 5.91 Å². The molecule has 6 nitrogen and oxygen atoms in total. The lowest BCUT2D eigenvalue weighted by Crippen LogP contribution is -2.41. The number of aliphatic hydroxyl groups excluding tert-OH is 1. The molecule has 108 valence electrons. The van der Waals surface area contributed by atoms with Gasteiger partial charge < -0.3 is 15.1 Å². The zero-order valence-corrected chi connectivity index (χ0v) is 11.2. The highest BCUT2D eigenvalue weighted by atomic mass is 16.4. The molecule has 1 aliphatic heterocycles. The van der Waals surface area contributed by atoms with Crippen LogP contribution in [0.5, 0.6) is 0 Å². The molecular formula is C14H18N2O4. The van der Waals surface area contributed by atoms with Crippen LogP contribution in [0.2, 0.25) is 0 Å². The first kappa shape index (κ1) is 14.5. The molecule has 2 rings (SSSR count). The fraction of sp³-hybridized carbons (Fsp3) is 0.500. The Morgan fingerprint density at radius 1 is 1.45 bits per heavy atom. The van der Waals surface area contributed by atoms with Crippen LogP contribution in [0.3, 0.4) is 0 Å². The number of aliphatic hydroxyl groups is 1. The van der Waals surface area contributed by atoms with Gasteiger partial charge in [-0.15, -0.1) is 0 Å². The van der Waals surface area contributed by atoms with E-state index in [1.807, 2.05) is 0 Å². The molecule has 0 spiro atoms. The number of aromatic carboxylic acids is 1. The third-order valence-corrected chi connectivity index (χ3v) is 3.58. The van der Waals surface area contributed by atoms with Crippen molar-refractivity contribution in [2.45, 2.75) is 19.3 Å². The third kappa shape index (κ3) is 3.14. The molecule has 1 unspecified atom stereocenters. The first-order chi connectivity index (χ1) is 9.63. The van der Waals surface area contributed by atoms with Crippen molar-refractivity contribution in [3.63, 3.8) is 0 Å². The van der Waals surface area contributed by atoms with Crippen LogP contribution < -0.4 is 0 Å². The highest BCUT2D eigenvalue weighted by Crippen LogP contribution is 2.21.